The maximum atomic E-state index is 13.7. The molecule has 3 amide bonds. The first kappa shape index (κ1) is 30.0. The molecule has 0 saturated heterocycles. The highest BCUT2D eigenvalue weighted by molar-refractivity contribution is 5.92. The summed E-state index contributed by atoms with van der Waals surface area (Å²) in [5, 5.41) is 15.3. The van der Waals surface area contributed by atoms with E-state index in [9.17, 15) is 19.5 Å². The average Bonchev–Trinajstić information content (AvgIpc) is 2.77. The van der Waals surface area contributed by atoms with Crippen LogP contribution in [-0.2, 0) is 14.3 Å². The van der Waals surface area contributed by atoms with Crippen molar-refractivity contribution in [2.24, 2.45) is 0 Å². The van der Waals surface area contributed by atoms with E-state index in [1.165, 1.54) is 4.90 Å². The first-order chi connectivity index (χ1) is 16.4. The van der Waals surface area contributed by atoms with Gasteiger partial charge in [-0.3, -0.25) is 9.59 Å². The molecule has 8 nitrogen and oxygen atoms in total. The van der Waals surface area contributed by atoms with Crippen LogP contribution in [0.3, 0.4) is 0 Å². The third kappa shape index (κ3) is 10.4. The molecule has 8 heteroatoms. The van der Waals surface area contributed by atoms with Gasteiger partial charge in [0.05, 0.1) is 6.61 Å². The number of rotatable bonds is 12. The van der Waals surface area contributed by atoms with E-state index in [2.05, 4.69) is 23.5 Å². The molecule has 2 unspecified atom stereocenters. The summed E-state index contributed by atoms with van der Waals surface area (Å²) in [4.78, 5) is 40.8. The summed E-state index contributed by atoms with van der Waals surface area (Å²) in [7, 11) is 0. The van der Waals surface area contributed by atoms with Gasteiger partial charge in [0.25, 0.3) is 0 Å². The topological polar surface area (TPSA) is 108 Å². The SMILES string of the molecule is C#Cc1ccc(C(C(=O)NC(C)C)N(CCCCCC)C(=O)C(CO)NC(=O)OC(C)(C)C)cc1. The van der Waals surface area contributed by atoms with Crippen LogP contribution in [0, 0.1) is 12.3 Å². The van der Waals surface area contributed by atoms with Gasteiger partial charge in [0, 0.05) is 18.2 Å². The van der Waals surface area contributed by atoms with Crippen LogP contribution in [0.25, 0.3) is 0 Å². The molecule has 0 saturated carbocycles. The fourth-order valence-corrected chi connectivity index (χ4v) is 3.51. The second-order valence-corrected chi connectivity index (χ2v) is 9.81. The minimum atomic E-state index is -1.27. The molecule has 2 atom stereocenters. The number of nitrogens with zero attached hydrogens (tertiary/aromatic N) is 1. The molecule has 0 spiro atoms. The van der Waals surface area contributed by atoms with Gasteiger partial charge in [-0.05, 0) is 58.7 Å². The quantitative estimate of drug-likeness (QED) is 0.309. The Kier molecular flexibility index (Phi) is 12.3. The van der Waals surface area contributed by atoms with Crippen LogP contribution < -0.4 is 10.6 Å². The standard InChI is InChI=1S/C27H41N3O5/c1-8-10-11-12-17-30(25(33)22(18-31)29-26(34)35-27(5,6)7)23(24(32)28-19(3)4)21-15-13-20(9-2)14-16-21/h2,13-16,19,22-23,31H,8,10-12,17-18H2,1,3-7H3,(H,28,32)(H,29,34). The smallest absolute Gasteiger partial charge is 0.408 e. The van der Waals surface area contributed by atoms with Gasteiger partial charge in [0.15, 0.2) is 0 Å². The number of ether oxygens (including phenoxy) is 1. The van der Waals surface area contributed by atoms with Gasteiger partial charge in [-0.2, -0.15) is 0 Å². The lowest BCUT2D eigenvalue weighted by molar-refractivity contribution is -0.143. The summed E-state index contributed by atoms with van der Waals surface area (Å²) in [6, 6.07) is 4.49. The summed E-state index contributed by atoms with van der Waals surface area (Å²) in [5.41, 5.74) is 0.461. The molecule has 1 aromatic carbocycles. The molecule has 0 aliphatic heterocycles. The van der Waals surface area contributed by atoms with E-state index < -0.39 is 36.3 Å². The van der Waals surface area contributed by atoms with Crippen molar-refractivity contribution < 1.29 is 24.2 Å². The van der Waals surface area contributed by atoms with E-state index >= 15 is 0 Å². The summed E-state index contributed by atoms with van der Waals surface area (Å²) in [6.45, 7) is 10.5. The number of carbonyl (C=O) groups is 3. The monoisotopic (exact) mass is 487 g/mol. The Morgan fingerprint density at radius 2 is 1.71 bits per heavy atom. The van der Waals surface area contributed by atoms with Crippen molar-refractivity contribution in [1.29, 1.82) is 0 Å². The molecule has 3 N–H and O–H groups in total. The summed E-state index contributed by atoms with van der Waals surface area (Å²) < 4.78 is 5.25. The number of benzene rings is 1. The Hall–Kier alpha value is -3.05. The molecule has 1 aromatic rings. The van der Waals surface area contributed by atoms with Gasteiger partial charge in [0.2, 0.25) is 11.8 Å². The molecular weight excluding hydrogens is 446 g/mol. The van der Waals surface area contributed by atoms with Crippen molar-refractivity contribution in [1.82, 2.24) is 15.5 Å². The molecule has 0 bridgehead atoms. The fraction of sp³-hybridized carbons (Fsp3) is 0.593. The van der Waals surface area contributed by atoms with E-state index in [0.29, 0.717) is 17.5 Å². The minimum absolute atomic E-state index is 0.152. The number of aliphatic hydroxyl groups is 1. The van der Waals surface area contributed by atoms with Crippen LogP contribution >= 0.6 is 0 Å². The highest BCUT2D eigenvalue weighted by atomic mass is 16.6. The van der Waals surface area contributed by atoms with Gasteiger partial charge < -0.3 is 25.4 Å². The lowest BCUT2D eigenvalue weighted by Gasteiger charge is -2.34. The summed E-state index contributed by atoms with van der Waals surface area (Å²) >= 11 is 0. The van der Waals surface area contributed by atoms with Gasteiger partial charge >= 0.3 is 6.09 Å². The van der Waals surface area contributed by atoms with E-state index in [1.807, 2.05) is 13.8 Å². The van der Waals surface area contributed by atoms with Gasteiger partial charge in [-0.15, -0.1) is 6.42 Å². The molecule has 0 heterocycles. The van der Waals surface area contributed by atoms with Crippen molar-refractivity contribution in [2.45, 2.75) is 91.0 Å². The number of aliphatic hydroxyl groups excluding tert-OH is 1. The van der Waals surface area contributed by atoms with Crippen molar-refractivity contribution in [3.63, 3.8) is 0 Å². The lowest BCUT2D eigenvalue weighted by Crippen LogP contribution is -2.55. The van der Waals surface area contributed by atoms with Crippen molar-refractivity contribution in [3.8, 4) is 12.3 Å². The maximum absolute atomic E-state index is 13.7. The number of carbonyl (C=O) groups excluding carboxylic acids is 3. The van der Waals surface area contributed by atoms with Crippen LogP contribution in [0.2, 0.25) is 0 Å². The van der Waals surface area contributed by atoms with E-state index in [4.69, 9.17) is 11.2 Å². The molecule has 0 aliphatic carbocycles. The predicted molar refractivity (Wildman–Crippen MR) is 136 cm³/mol. The van der Waals surface area contributed by atoms with Crippen molar-refractivity contribution in [2.75, 3.05) is 13.2 Å². The van der Waals surface area contributed by atoms with Gasteiger partial charge in [0.1, 0.15) is 17.7 Å². The van der Waals surface area contributed by atoms with Crippen LogP contribution in [0.5, 0.6) is 0 Å². The maximum Gasteiger partial charge on any atom is 0.408 e. The van der Waals surface area contributed by atoms with Crippen molar-refractivity contribution in [3.05, 3.63) is 35.4 Å². The largest absolute Gasteiger partial charge is 0.444 e. The number of terminal acetylenes is 1. The second-order valence-electron chi connectivity index (χ2n) is 9.81. The second kappa shape index (κ2) is 14.4. The third-order valence-electron chi connectivity index (χ3n) is 5.09. The van der Waals surface area contributed by atoms with Gasteiger partial charge in [-0.1, -0.05) is 44.2 Å². The Labute approximate surface area is 209 Å². The number of nitrogens with one attached hydrogen (secondary N) is 2. The number of hydrogen-bond donors (Lipinski definition) is 3. The number of alkyl carbamates (subject to hydrolysis) is 1. The van der Waals surface area contributed by atoms with Crippen LogP contribution in [0.15, 0.2) is 24.3 Å². The van der Waals surface area contributed by atoms with Gasteiger partial charge in [-0.25, -0.2) is 4.79 Å². The van der Waals surface area contributed by atoms with Crippen LogP contribution in [0.1, 0.15) is 84.4 Å². The number of amides is 3. The molecule has 0 aromatic heterocycles. The highest BCUT2D eigenvalue weighted by Crippen LogP contribution is 2.24. The minimum Gasteiger partial charge on any atom is -0.444 e. The van der Waals surface area contributed by atoms with Crippen LogP contribution in [-0.4, -0.2) is 58.8 Å². The molecule has 0 aliphatic rings. The average molecular weight is 488 g/mol. The van der Waals surface area contributed by atoms with E-state index in [-0.39, 0.29) is 18.5 Å². The van der Waals surface area contributed by atoms with Crippen molar-refractivity contribution >= 4 is 17.9 Å². The lowest BCUT2D eigenvalue weighted by atomic mass is 10.0. The summed E-state index contributed by atoms with van der Waals surface area (Å²) in [5.74, 6) is 1.62. The highest BCUT2D eigenvalue weighted by Gasteiger charge is 2.36. The zero-order valence-electron chi connectivity index (χ0n) is 21.9. The first-order valence-corrected chi connectivity index (χ1v) is 12.2. The Morgan fingerprint density at radius 3 is 2.20 bits per heavy atom. The van der Waals surface area contributed by atoms with E-state index in [0.717, 1.165) is 19.3 Å². The third-order valence-corrected chi connectivity index (χ3v) is 5.09. The Bertz CT molecular complexity index is 868. The molecule has 35 heavy (non-hydrogen) atoms. The zero-order valence-corrected chi connectivity index (χ0v) is 21.9. The Balaban J connectivity index is 3.38. The fourth-order valence-electron chi connectivity index (χ4n) is 3.51. The predicted octanol–water partition coefficient (Wildman–Crippen LogP) is 3.53. The van der Waals surface area contributed by atoms with Crippen LogP contribution in [0.4, 0.5) is 4.79 Å². The number of unbranched alkanes of at least 4 members (excludes halogenated alkanes) is 3. The molecular formula is C27H41N3O5. The summed E-state index contributed by atoms with van der Waals surface area (Å²) in [6.07, 6.45) is 8.19. The number of hydrogen-bond acceptors (Lipinski definition) is 5. The first-order valence-electron chi connectivity index (χ1n) is 12.2. The Morgan fingerprint density at radius 1 is 1.09 bits per heavy atom. The normalized spacial score (nSPS) is 12.9. The molecule has 1 rings (SSSR count). The van der Waals surface area contributed by atoms with E-state index in [1.54, 1.807) is 45.0 Å². The molecule has 0 radical (unpaired) electrons. The molecule has 0 fully saturated rings. The zero-order chi connectivity index (χ0) is 26.6. The molecule has 194 valence electrons.